The first-order chi connectivity index (χ1) is 7.55. The molecule has 0 spiro atoms. The third kappa shape index (κ3) is 1.67. The van der Waals surface area contributed by atoms with Gasteiger partial charge < -0.3 is 4.74 Å². The lowest BCUT2D eigenvalue weighted by Crippen LogP contribution is -2.24. The van der Waals surface area contributed by atoms with Gasteiger partial charge in [-0.3, -0.25) is 4.31 Å². The lowest BCUT2D eigenvalue weighted by molar-refractivity contribution is 0.415. The molecule has 2 rings (SSSR count). The summed E-state index contributed by atoms with van der Waals surface area (Å²) in [5, 5.41) is 0. The average molecular weight is 239 g/mol. The molecule has 1 aromatic rings. The molecule has 0 saturated carbocycles. The smallest absolute Gasteiger partial charge is 0.259 e. The van der Waals surface area contributed by atoms with E-state index in [0.29, 0.717) is 24.4 Å². The molecule has 86 valence electrons. The molecule has 5 heteroatoms. The minimum Gasteiger partial charge on any atom is -0.497 e. The Morgan fingerprint density at radius 2 is 1.94 bits per heavy atom. The van der Waals surface area contributed by atoms with Gasteiger partial charge in [0.2, 0.25) is 0 Å². The van der Waals surface area contributed by atoms with Crippen LogP contribution in [-0.2, 0) is 10.0 Å². The fourth-order valence-corrected chi connectivity index (χ4v) is 3.04. The van der Waals surface area contributed by atoms with Gasteiger partial charge in [-0.05, 0) is 24.3 Å². The molecule has 1 aliphatic heterocycles. The summed E-state index contributed by atoms with van der Waals surface area (Å²) in [6.07, 6.45) is 0.494. The van der Waals surface area contributed by atoms with E-state index in [1.807, 2.05) is 0 Å². The van der Waals surface area contributed by atoms with Crippen LogP contribution in [0.15, 0.2) is 35.7 Å². The fourth-order valence-electron chi connectivity index (χ4n) is 1.65. The van der Waals surface area contributed by atoms with Crippen LogP contribution in [0.5, 0.6) is 5.75 Å². The molecule has 0 radical (unpaired) electrons. The highest BCUT2D eigenvalue weighted by Gasteiger charge is 2.32. The first-order valence-corrected chi connectivity index (χ1v) is 6.34. The van der Waals surface area contributed by atoms with E-state index in [-0.39, 0.29) is 4.91 Å². The van der Waals surface area contributed by atoms with Gasteiger partial charge in [-0.25, -0.2) is 8.42 Å². The van der Waals surface area contributed by atoms with Crippen molar-refractivity contribution in [1.82, 2.24) is 0 Å². The zero-order chi connectivity index (χ0) is 11.8. The van der Waals surface area contributed by atoms with Crippen molar-refractivity contribution in [3.8, 4) is 5.75 Å². The monoisotopic (exact) mass is 239 g/mol. The number of anilines is 1. The topological polar surface area (TPSA) is 46.6 Å². The van der Waals surface area contributed by atoms with Crippen molar-refractivity contribution in [2.45, 2.75) is 6.42 Å². The highest BCUT2D eigenvalue weighted by Crippen LogP contribution is 2.30. The zero-order valence-electron chi connectivity index (χ0n) is 9.01. The molecule has 0 bridgehead atoms. The fraction of sp³-hybridized carbons (Fsp3) is 0.273. The zero-order valence-corrected chi connectivity index (χ0v) is 9.83. The normalized spacial score (nSPS) is 18.8. The van der Waals surface area contributed by atoms with Crippen LogP contribution >= 0.6 is 0 Å². The molecular formula is C11H13NO3S. The van der Waals surface area contributed by atoms with E-state index in [1.54, 1.807) is 31.4 Å². The van der Waals surface area contributed by atoms with Crippen molar-refractivity contribution >= 4 is 15.7 Å². The Kier molecular flexibility index (Phi) is 2.63. The molecular weight excluding hydrogens is 226 g/mol. The summed E-state index contributed by atoms with van der Waals surface area (Å²) in [4.78, 5) is 0.281. The van der Waals surface area contributed by atoms with Crippen molar-refractivity contribution in [3.05, 3.63) is 35.7 Å². The number of sulfonamides is 1. The standard InChI is InChI=1S/C11H13NO3S/c1-9-7-8-12(16(9,13)14)10-3-5-11(15-2)6-4-10/h3-6H,1,7-8H2,2H3. The molecule has 0 N–H and O–H groups in total. The maximum Gasteiger partial charge on any atom is 0.259 e. The summed E-state index contributed by atoms with van der Waals surface area (Å²) >= 11 is 0. The van der Waals surface area contributed by atoms with Gasteiger partial charge in [0.1, 0.15) is 5.75 Å². The molecule has 1 aromatic carbocycles. The van der Waals surface area contributed by atoms with Crippen molar-refractivity contribution in [2.24, 2.45) is 0 Å². The SMILES string of the molecule is C=C1CCN(c2ccc(OC)cc2)S1(=O)=O. The van der Waals surface area contributed by atoms with Crippen LogP contribution in [0, 0.1) is 0 Å². The largest absolute Gasteiger partial charge is 0.497 e. The van der Waals surface area contributed by atoms with Crippen LogP contribution < -0.4 is 9.04 Å². The summed E-state index contributed by atoms with van der Waals surface area (Å²) in [6, 6.07) is 6.95. The second kappa shape index (κ2) is 3.83. The number of hydrogen-bond acceptors (Lipinski definition) is 3. The van der Waals surface area contributed by atoms with Crippen molar-refractivity contribution in [3.63, 3.8) is 0 Å². The molecule has 16 heavy (non-hydrogen) atoms. The molecule has 1 heterocycles. The van der Waals surface area contributed by atoms with Crippen molar-refractivity contribution in [1.29, 1.82) is 0 Å². The molecule has 0 unspecified atom stereocenters. The summed E-state index contributed by atoms with van der Waals surface area (Å²) in [7, 11) is -1.77. The Morgan fingerprint density at radius 1 is 1.31 bits per heavy atom. The quantitative estimate of drug-likeness (QED) is 0.790. The van der Waals surface area contributed by atoms with Gasteiger partial charge in [0, 0.05) is 13.0 Å². The lowest BCUT2D eigenvalue weighted by Gasteiger charge is -2.16. The van der Waals surface area contributed by atoms with Crippen LogP contribution in [0.25, 0.3) is 0 Å². The lowest BCUT2D eigenvalue weighted by atomic mass is 10.3. The summed E-state index contributed by atoms with van der Waals surface area (Å²) in [5.74, 6) is 0.708. The van der Waals surface area contributed by atoms with Gasteiger partial charge in [-0.2, -0.15) is 0 Å². The van der Waals surface area contributed by atoms with Crippen LogP contribution in [-0.4, -0.2) is 22.1 Å². The second-order valence-electron chi connectivity index (χ2n) is 3.56. The molecule has 1 saturated heterocycles. The predicted octanol–water partition coefficient (Wildman–Crippen LogP) is 1.75. The van der Waals surface area contributed by atoms with Gasteiger partial charge in [0.05, 0.1) is 17.7 Å². The van der Waals surface area contributed by atoms with E-state index in [4.69, 9.17) is 4.74 Å². The van der Waals surface area contributed by atoms with Crippen LogP contribution in [0.2, 0.25) is 0 Å². The molecule has 1 aliphatic rings. The van der Waals surface area contributed by atoms with E-state index in [2.05, 4.69) is 6.58 Å². The maximum atomic E-state index is 11.8. The van der Waals surface area contributed by atoms with Gasteiger partial charge in [0.25, 0.3) is 10.0 Å². The van der Waals surface area contributed by atoms with E-state index in [1.165, 1.54) is 4.31 Å². The Labute approximate surface area is 95.2 Å². The predicted molar refractivity (Wildman–Crippen MR) is 63.0 cm³/mol. The number of benzene rings is 1. The highest BCUT2D eigenvalue weighted by atomic mass is 32.2. The Hall–Kier alpha value is -1.49. The van der Waals surface area contributed by atoms with Gasteiger partial charge in [-0.15, -0.1) is 0 Å². The highest BCUT2D eigenvalue weighted by molar-refractivity contribution is 7.96. The van der Waals surface area contributed by atoms with E-state index in [0.717, 1.165) is 0 Å². The minimum absolute atomic E-state index is 0.281. The Balaban J connectivity index is 2.35. The van der Waals surface area contributed by atoms with Gasteiger partial charge in [0.15, 0.2) is 0 Å². The number of ether oxygens (including phenoxy) is 1. The Morgan fingerprint density at radius 3 is 2.38 bits per heavy atom. The number of methoxy groups -OCH3 is 1. The van der Waals surface area contributed by atoms with E-state index < -0.39 is 10.0 Å². The number of nitrogens with zero attached hydrogens (tertiary/aromatic N) is 1. The van der Waals surface area contributed by atoms with Gasteiger partial charge in [-0.1, -0.05) is 6.58 Å². The average Bonchev–Trinajstić information content (AvgIpc) is 2.54. The minimum atomic E-state index is -3.34. The summed E-state index contributed by atoms with van der Waals surface area (Å²) in [5.41, 5.74) is 0.652. The molecule has 0 aliphatic carbocycles. The third-order valence-corrected chi connectivity index (χ3v) is 4.52. The maximum absolute atomic E-state index is 11.8. The number of rotatable bonds is 2. The molecule has 0 atom stereocenters. The molecule has 1 fully saturated rings. The number of hydrogen-bond donors (Lipinski definition) is 0. The van der Waals surface area contributed by atoms with Crippen molar-refractivity contribution < 1.29 is 13.2 Å². The Bertz CT molecular complexity index is 505. The van der Waals surface area contributed by atoms with Crippen LogP contribution in [0.4, 0.5) is 5.69 Å². The summed E-state index contributed by atoms with van der Waals surface area (Å²) < 4.78 is 30.1. The van der Waals surface area contributed by atoms with E-state index in [9.17, 15) is 8.42 Å². The summed E-state index contributed by atoms with van der Waals surface area (Å²) in [6.45, 7) is 4.03. The first-order valence-electron chi connectivity index (χ1n) is 4.90. The van der Waals surface area contributed by atoms with Crippen LogP contribution in [0.1, 0.15) is 6.42 Å². The second-order valence-corrected chi connectivity index (χ2v) is 5.53. The molecule has 0 aromatic heterocycles. The third-order valence-electron chi connectivity index (χ3n) is 2.61. The van der Waals surface area contributed by atoms with Gasteiger partial charge >= 0.3 is 0 Å². The molecule has 0 amide bonds. The molecule has 4 nitrogen and oxygen atoms in total. The van der Waals surface area contributed by atoms with Crippen molar-refractivity contribution in [2.75, 3.05) is 18.0 Å². The van der Waals surface area contributed by atoms with Crippen LogP contribution in [0.3, 0.4) is 0 Å². The van der Waals surface area contributed by atoms with E-state index >= 15 is 0 Å². The first kappa shape index (κ1) is 11.0.